The molecule has 0 atom stereocenters. The van der Waals surface area contributed by atoms with Crippen LogP contribution in [0, 0.1) is 0 Å². The highest BCUT2D eigenvalue weighted by Crippen LogP contribution is 2.36. The fraction of sp³-hybridized carbons (Fsp3) is 0.400. The lowest BCUT2D eigenvalue weighted by Crippen LogP contribution is -2.21. The molecule has 10 heteroatoms. The van der Waals surface area contributed by atoms with Gasteiger partial charge in [0.1, 0.15) is 5.69 Å². The molecule has 0 aliphatic heterocycles. The van der Waals surface area contributed by atoms with E-state index in [1.54, 1.807) is 0 Å². The predicted octanol–water partition coefficient (Wildman–Crippen LogP) is 3.44. The molecule has 0 bridgehead atoms. The molecule has 1 heterocycles. The van der Waals surface area contributed by atoms with E-state index in [0.717, 1.165) is 6.20 Å². The molecule has 1 aromatic heterocycles. The Balaban J connectivity index is 3.47. The van der Waals surface area contributed by atoms with Gasteiger partial charge in [0.2, 0.25) is 0 Å². The number of carboxylic acids is 1. The van der Waals surface area contributed by atoms with Gasteiger partial charge in [0.05, 0.1) is 6.42 Å². The van der Waals surface area contributed by atoms with E-state index in [1.807, 2.05) is 0 Å². The molecule has 112 valence electrons. The predicted molar refractivity (Wildman–Crippen MR) is 59.8 cm³/mol. The van der Waals surface area contributed by atoms with Gasteiger partial charge in [-0.2, -0.15) is 0 Å². The second-order valence-electron chi connectivity index (χ2n) is 3.53. The summed E-state index contributed by atoms with van der Waals surface area (Å²) in [6.45, 7) is 0. The van der Waals surface area contributed by atoms with Crippen LogP contribution in [-0.2, 0) is 16.5 Å². The molecule has 20 heavy (non-hydrogen) atoms. The maximum atomic E-state index is 12.7. The van der Waals surface area contributed by atoms with E-state index < -0.39 is 42.2 Å². The molecule has 1 aromatic rings. The SMILES string of the molecule is O=C(O)Cc1c(CBr)cnc(C(F)F)c1OC(F)(F)F. The van der Waals surface area contributed by atoms with E-state index in [-0.39, 0.29) is 10.9 Å². The van der Waals surface area contributed by atoms with E-state index in [4.69, 9.17) is 5.11 Å². The Morgan fingerprint density at radius 3 is 2.45 bits per heavy atom. The number of nitrogens with zero attached hydrogens (tertiary/aromatic N) is 1. The smallest absolute Gasteiger partial charge is 0.481 e. The Kier molecular flexibility index (Phi) is 5.26. The molecular formula is C10H7BrF5NO3. The van der Waals surface area contributed by atoms with Crippen molar-refractivity contribution in [3.63, 3.8) is 0 Å². The van der Waals surface area contributed by atoms with Gasteiger partial charge in [-0.25, -0.2) is 8.78 Å². The number of hydrogen-bond donors (Lipinski definition) is 1. The monoisotopic (exact) mass is 363 g/mol. The van der Waals surface area contributed by atoms with Crippen molar-refractivity contribution in [3.05, 3.63) is 23.0 Å². The minimum Gasteiger partial charge on any atom is -0.481 e. The second-order valence-corrected chi connectivity index (χ2v) is 4.09. The molecule has 0 fully saturated rings. The summed E-state index contributed by atoms with van der Waals surface area (Å²) in [5.41, 5.74) is -1.71. The van der Waals surface area contributed by atoms with Crippen LogP contribution in [0.15, 0.2) is 6.20 Å². The first kappa shape index (κ1) is 16.6. The normalized spacial score (nSPS) is 11.8. The first-order chi connectivity index (χ1) is 9.15. The molecule has 0 saturated heterocycles. The van der Waals surface area contributed by atoms with Crippen molar-refractivity contribution in [2.45, 2.75) is 24.5 Å². The molecule has 0 radical (unpaired) electrons. The first-order valence-corrected chi connectivity index (χ1v) is 6.10. The minimum absolute atomic E-state index is 0.0241. The fourth-order valence-electron chi connectivity index (χ4n) is 1.43. The molecule has 0 aliphatic rings. The summed E-state index contributed by atoms with van der Waals surface area (Å²) in [6, 6.07) is 0. The molecule has 1 rings (SSSR count). The summed E-state index contributed by atoms with van der Waals surface area (Å²) >= 11 is 2.92. The summed E-state index contributed by atoms with van der Waals surface area (Å²) < 4.78 is 65.8. The highest BCUT2D eigenvalue weighted by atomic mass is 79.9. The van der Waals surface area contributed by atoms with Gasteiger partial charge in [-0.15, -0.1) is 13.2 Å². The highest BCUT2D eigenvalue weighted by Gasteiger charge is 2.36. The van der Waals surface area contributed by atoms with Crippen molar-refractivity contribution in [1.29, 1.82) is 0 Å². The van der Waals surface area contributed by atoms with Gasteiger partial charge in [0, 0.05) is 17.1 Å². The maximum Gasteiger partial charge on any atom is 0.573 e. The third-order valence-electron chi connectivity index (χ3n) is 2.15. The standard InChI is InChI=1S/C10H7BrF5NO3/c11-2-4-3-17-7(9(12)13)8(20-10(14,15)16)5(4)1-6(18)19/h3,9H,1-2H2,(H,18,19). The quantitative estimate of drug-likeness (QED) is 0.643. The van der Waals surface area contributed by atoms with Gasteiger partial charge in [0.15, 0.2) is 5.75 Å². The summed E-state index contributed by atoms with van der Waals surface area (Å²) in [5, 5.41) is 8.62. The third kappa shape index (κ3) is 4.29. The Labute approximate surface area is 117 Å². The molecule has 0 unspecified atom stereocenters. The van der Waals surface area contributed by atoms with Gasteiger partial charge in [-0.3, -0.25) is 9.78 Å². The fourth-order valence-corrected chi connectivity index (χ4v) is 1.91. The number of carbonyl (C=O) groups is 1. The van der Waals surface area contributed by atoms with Crippen molar-refractivity contribution in [2.24, 2.45) is 0 Å². The number of carboxylic acid groups (broad SMARTS) is 1. The van der Waals surface area contributed by atoms with Gasteiger partial charge in [-0.05, 0) is 5.56 Å². The van der Waals surface area contributed by atoms with Crippen LogP contribution in [-0.4, -0.2) is 22.4 Å². The zero-order valence-corrected chi connectivity index (χ0v) is 11.1. The van der Waals surface area contributed by atoms with Crippen LogP contribution in [0.25, 0.3) is 0 Å². The van der Waals surface area contributed by atoms with Crippen LogP contribution >= 0.6 is 15.9 Å². The van der Waals surface area contributed by atoms with Crippen LogP contribution < -0.4 is 4.74 Å². The Bertz CT molecular complexity index is 506. The average Bonchev–Trinajstić information content (AvgIpc) is 2.28. The summed E-state index contributed by atoms with van der Waals surface area (Å²) in [5.74, 6) is -2.74. The van der Waals surface area contributed by atoms with Crippen molar-refractivity contribution in [3.8, 4) is 5.75 Å². The van der Waals surface area contributed by atoms with E-state index in [2.05, 4.69) is 25.7 Å². The average molecular weight is 364 g/mol. The number of rotatable bonds is 5. The van der Waals surface area contributed by atoms with E-state index in [1.165, 1.54) is 0 Å². The second kappa shape index (κ2) is 6.33. The Hall–Kier alpha value is -1.45. The van der Waals surface area contributed by atoms with Crippen molar-refractivity contribution in [2.75, 3.05) is 0 Å². The molecule has 0 saturated carbocycles. The number of alkyl halides is 6. The van der Waals surface area contributed by atoms with Gasteiger partial charge in [-0.1, -0.05) is 15.9 Å². The van der Waals surface area contributed by atoms with E-state index >= 15 is 0 Å². The number of ether oxygens (including phenoxy) is 1. The molecule has 0 aliphatic carbocycles. The molecule has 4 nitrogen and oxygen atoms in total. The van der Waals surface area contributed by atoms with Gasteiger partial charge >= 0.3 is 12.3 Å². The summed E-state index contributed by atoms with van der Waals surface area (Å²) in [4.78, 5) is 13.9. The maximum absolute atomic E-state index is 12.7. The number of aliphatic carboxylic acids is 1. The molecule has 1 N–H and O–H groups in total. The Morgan fingerprint density at radius 2 is 2.05 bits per heavy atom. The largest absolute Gasteiger partial charge is 0.573 e. The lowest BCUT2D eigenvalue weighted by atomic mass is 10.1. The first-order valence-electron chi connectivity index (χ1n) is 4.98. The summed E-state index contributed by atoms with van der Waals surface area (Å²) in [6.07, 6.45) is -8.57. The lowest BCUT2D eigenvalue weighted by Gasteiger charge is -2.17. The highest BCUT2D eigenvalue weighted by molar-refractivity contribution is 9.08. The molecule has 0 spiro atoms. The van der Waals surface area contributed by atoms with E-state index in [0.29, 0.717) is 0 Å². The van der Waals surface area contributed by atoms with Crippen LogP contribution in [0.4, 0.5) is 22.0 Å². The molecular weight excluding hydrogens is 357 g/mol. The number of aromatic nitrogens is 1. The van der Waals surface area contributed by atoms with Gasteiger partial charge in [0.25, 0.3) is 6.43 Å². The van der Waals surface area contributed by atoms with Crippen molar-refractivity contribution in [1.82, 2.24) is 4.98 Å². The van der Waals surface area contributed by atoms with Crippen LogP contribution in [0.2, 0.25) is 0 Å². The Morgan fingerprint density at radius 1 is 1.45 bits per heavy atom. The van der Waals surface area contributed by atoms with Crippen LogP contribution in [0.5, 0.6) is 5.75 Å². The number of halogens is 6. The minimum atomic E-state index is -5.23. The molecule has 0 aromatic carbocycles. The van der Waals surface area contributed by atoms with Crippen molar-refractivity contribution < 1.29 is 36.6 Å². The summed E-state index contributed by atoms with van der Waals surface area (Å²) in [7, 11) is 0. The zero-order valence-electron chi connectivity index (χ0n) is 9.55. The molecule has 0 amide bonds. The third-order valence-corrected chi connectivity index (χ3v) is 2.75. The topological polar surface area (TPSA) is 59.4 Å². The van der Waals surface area contributed by atoms with Crippen molar-refractivity contribution >= 4 is 21.9 Å². The zero-order chi connectivity index (χ0) is 15.5. The number of pyridine rings is 1. The van der Waals surface area contributed by atoms with E-state index in [9.17, 15) is 26.7 Å². The van der Waals surface area contributed by atoms with Gasteiger partial charge < -0.3 is 9.84 Å². The lowest BCUT2D eigenvalue weighted by molar-refractivity contribution is -0.275. The van der Waals surface area contributed by atoms with Crippen LogP contribution in [0.3, 0.4) is 0 Å². The number of hydrogen-bond acceptors (Lipinski definition) is 3. The van der Waals surface area contributed by atoms with Crippen LogP contribution in [0.1, 0.15) is 23.2 Å².